The molecule has 0 N–H and O–H groups in total. The maximum atomic E-state index is 2.55. The standard InChI is InChI=1S/C18H21N/c1-14-9-15(2)11-16(10-14)12-19-8-7-17-5-3-4-6-18(17)13-19/h3-6,9-11H,7-8,12-13H2,1-2H3. The Hall–Kier alpha value is -1.60. The lowest BCUT2D eigenvalue weighted by Crippen LogP contribution is -2.30. The third-order valence-corrected chi connectivity index (χ3v) is 3.90. The van der Waals surface area contributed by atoms with Gasteiger partial charge in [0.1, 0.15) is 0 Å². The molecule has 0 saturated heterocycles. The molecule has 0 atom stereocenters. The van der Waals surface area contributed by atoms with Crippen molar-refractivity contribution in [1.29, 1.82) is 0 Å². The van der Waals surface area contributed by atoms with Crippen LogP contribution in [0.3, 0.4) is 0 Å². The average molecular weight is 251 g/mol. The molecule has 0 amide bonds. The van der Waals surface area contributed by atoms with Crippen LogP contribution in [0.15, 0.2) is 42.5 Å². The Bertz CT molecular complexity index is 566. The Balaban J connectivity index is 1.75. The van der Waals surface area contributed by atoms with Gasteiger partial charge in [-0.05, 0) is 37.0 Å². The zero-order valence-electron chi connectivity index (χ0n) is 11.8. The van der Waals surface area contributed by atoms with Crippen molar-refractivity contribution in [2.45, 2.75) is 33.4 Å². The second-order valence-electron chi connectivity index (χ2n) is 5.73. The monoisotopic (exact) mass is 251 g/mol. The molecule has 1 nitrogen and oxygen atoms in total. The molecule has 0 saturated carbocycles. The van der Waals surface area contributed by atoms with Gasteiger partial charge in [0.05, 0.1) is 0 Å². The van der Waals surface area contributed by atoms with E-state index >= 15 is 0 Å². The SMILES string of the molecule is Cc1cc(C)cc(CN2CCc3ccccc3C2)c1. The summed E-state index contributed by atoms with van der Waals surface area (Å²) < 4.78 is 0. The minimum Gasteiger partial charge on any atom is -0.294 e. The van der Waals surface area contributed by atoms with Crippen molar-refractivity contribution in [2.75, 3.05) is 6.54 Å². The summed E-state index contributed by atoms with van der Waals surface area (Å²) in [5.74, 6) is 0. The Kier molecular flexibility index (Phi) is 3.39. The lowest BCUT2D eigenvalue weighted by Gasteiger charge is -2.28. The first-order valence-electron chi connectivity index (χ1n) is 7.07. The van der Waals surface area contributed by atoms with Crippen molar-refractivity contribution in [3.05, 3.63) is 70.3 Å². The summed E-state index contributed by atoms with van der Waals surface area (Å²) in [5.41, 5.74) is 7.20. The first-order valence-corrected chi connectivity index (χ1v) is 7.07. The van der Waals surface area contributed by atoms with Crippen LogP contribution < -0.4 is 0 Å². The van der Waals surface area contributed by atoms with Crippen molar-refractivity contribution >= 4 is 0 Å². The molecule has 3 rings (SSSR count). The summed E-state index contributed by atoms with van der Waals surface area (Å²) in [7, 11) is 0. The van der Waals surface area contributed by atoms with Crippen LogP contribution in [0, 0.1) is 13.8 Å². The molecule has 1 aliphatic rings. The fourth-order valence-corrected chi connectivity index (χ4v) is 3.11. The molecule has 0 unspecified atom stereocenters. The van der Waals surface area contributed by atoms with Gasteiger partial charge in [-0.25, -0.2) is 0 Å². The summed E-state index contributed by atoms with van der Waals surface area (Å²) in [4.78, 5) is 2.55. The lowest BCUT2D eigenvalue weighted by molar-refractivity contribution is 0.245. The molecule has 0 radical (unpaired) electrons. The molecular formula is C18H21N. The van der Waals surface area contributed by atoms with Gasteiger partial charge in [-0.3, -0.25) is 4.90 Å². The Morgan fingerprint density at radius 3 is 2.37 bits per heavy atom. The molecule has 0 spiro atoms. The molecule has 0 aliphatic carbocycles. The van der Waals surface area contributed by atoms with E-state index in [2.05, 4.69) is 61.2 Å². The van der Waals surface area contributed by atoms with E-state index in [-0.39, 0.29) is 0 Å². The third kappa shape index (κ3) is 2.87. The van der Waals surface area contributed by atoms with Gasteiger partial charge in [-0.15, -0.1) is 0 Å². The van der Waals surface area contributed by atoms with Crippen molar-refractivity contribution in [1.82, 2.24) is 4.90 Å². The fraction of sp³-hybridized carbons (Fsp3) is 0.333. The van der Waals surface area contributed by atoms with Gasteiger partial charge < -0.3 is 0 Å². The quantitative estimate of drug-likeness (QED) is 0.783. The van der Waals surface area contributed by atoms with E-state index in [1.165, 1.54) is 40.8 Å². The highest BCUT2D eigenvalue weighted by Gasteiger charge is 2.15. The zero-order chi connectivity index (χ0) is 13.2. The van der Waals surface area contributed by atoms with Crippen LogP contribution in [-0.4, -0.2) is 11.4 Å². The van der Waals surface area contributed by atoms with Crippen LogP contribution in [0.2, 0.25) is 0 Å². The third-order valence-electron chi connectivity index (χ3n) is 3.90. The molecule has 0 bridgehead atoms. The summed E-state index contributed by atoms with van der Waals surface area (Å²) in [6, 6.07) is 15.7. The number of nitrogens with zero attached hydrogens (tertiary/aromatic N) is 1. The highest BCUT2D eigenvalue weighted by Crippen LogP contribution is 2.20. The van der Waals surface area contributed by atoms with Crippen LogP contribution in [-0.2, 0) is 19.5 Å². The van der Waals surface area contributed by atoms with Crippen molar-refractivity contribution in [3.63, 3.8) is 0 Å². The molecule has 2 aromatic rings. The number of fused-ring (bicyclic) bond motifs is 1. The van der Waals surface area contributed by atoms with Crippen LogP contribution in [0.25, 0.3) is 0 Å². The van der Waals surface area contributed by atoms with E-state index in [0.29, 0.717) is 0 Å². The van der Waals surface area contributed by atoms with Crippen LogP contribution in [0.5, 0.6) is 0 Å². The minimum atomic E-state index is 1.07. The molecule has 1 heteroatoms. The Labute approximate surface area is 115 Å². The normalized spacial score (nSPS) is 15.3. The van der Waals surface area contributed by atoms with Gasteiger partial charge in [-0.1, -0.05) is 53.6 Å². The molecule has 0 aromatic heterocycles. The first-order chi connectivity index (χ1) is 9.20. The van der Waals surface area contributed by atoms with Gasteiger partial charge in [0.25, 0.3) is 0 Å². The summed E-state index contributed by atoms with van der Waals surface area (Å²) in [5, 5.41) is 0. The minimum absolute atomic E-state index is 1.07. The molecular weight excluding hydrogens is 230 g/mol. The van der Waals surface area contributed by atoms with Gasteiger partial charge in [0.15, 0.2) is 0 Å². The number of benzene rings is 2. The van der Waals surface area contributed by atoms with Crippen LogP contribution in [0.4, 0.5) is 0 Å². The zero-order valence-corrected chi connectivity index (χ0v) is 11.8. The lowest BCUT2D eigenvalue weighted by atomic mass is 9.99. The van der Waals surface area contributed by atoms with E-state index in [1.54, 1.807) is 0 Å². The maximum Gasteiger partial charge on any atom is 0.0240 e. The molecule has 2 aromatic carbocycles. The Morgan fingerprint density at radius 2 is 1.63 bits per heavy atom. The first kappa shape index (κ1) is 12.4. The predicted octanol–water partition coefficient (Wildman–Crippen LogP) is 3.86. The van der Waals surface area contributed by atoms with Crippen molar-refractivity contribution < 1.29 is 0 Å². The van der Waals surface area contributed by atoms with E-state index in [1.807, 2.05) is 0 Å². The fourth-order valence-electron chi connectivity index (χ4n) is 3.11. The highest BCUT2D eigenvalue weighted by atomic mass is 15.1. The van der Waals surface area contributed by atoms with Gasteiger partial charge >= 0.3 is 0 Å². The van der Waals surface area contributed by atoms with E-state index in [9.17, 15) is 0 Å². The summed E-state index contributed by atoms with van der Waals surface area (Å²) in [6.45, 7) is 7.69. The van der Waals surface area contributed by atoms with E-state index < -0.39 is 0 Å². The maximum absolute atomic E-state index is 2.55. The molecule has 1 aliphatic heterocycles. The van der Waals surface area contributed by atoms with Crippen LogP contribution in [0.1, 0.15) is 27.8 Å². The highest BCUT2D eigenvalue weighted by molar-refractivity contribution is 5.31. The second-order valence-corrected chi connectivity index (χ2v) is 5.73. The predicted molar refractivity (Wildman–Crippen MR) is 80.2 cm³/mol. The largest absolute Gasteiger partial charge is 0.294 e. The van der Waals surface area contributed by atoms with Gasteiger partial charge in [0, 0.05) is 19.6 Å². The number of aryl methyl sites for hydroxylation is 2. The number of hydrogen-bond acceptors (Lipinski definition) is 1. The Morgan fingerprint density at radius 1 is 0.947 bits per heavy atom. The van der Waals surface area contributed by atoms with Gasteiger partial charge in [0.2, 0.25) is 0 Å². The summed E-state index contributed by atoms with van der Waals surface area (Å²) in [6.07, 6.45) is 1.18. The second kappa shape index (κ2) is 5.18. The molecule has 19 heavy (non-hydrogen) atoms. The topological polar surface area (TPSA) is 3.24 Å². The average Bonchev–Trinajstić information content (AvgIpc) is 2.37. The van der Waals surface area contributed by atoms with Gasteiger partial charge in [-0.2, -0.15) is 0 Å². The smallest absolute Gasteiger partial charge is 0.0240 e. The van der Waals surface area contributed by atoms with E-state index in [4.69, 9.17) is 0 Å². The van der Waals surface area contributed by atoms with Crippen molar-refractivity contribution in [3.8, 4) is 0 Å². The van der Waals surface area contributed by atoms with E-state index in [0.717, 1.165) is 13.1 Å². The molecule has 0 fully saturated rings. The molecule has 1 heterocycles. The van der Waals surface area contributed by atoms with Crippen LogP contribution >= 0.6 is 0 Å². The number of hydrogen-bond donors (Lipinski definition) is 0. The number of rotatable bonds is 2. The van der Waals surface area contributed by atoms with Crippen molar-refractivity contribution in [2.24, 2.45) is 0 Å². The molecule has 98 valence electrons. The summed E-state index contributed by atoms with van der Waals surface area (Å²) >= 11 is 0.